The average Bonchev–Trinajstić information content (AvgIpc) is 2.51. The third kappa shape index (κ3) is 2.09. The number of carboxylic acids is 1. The standard InChI is InChI=1S/C18H15NO3/c1-11-7-9-12(10-8-11)15-13-5-3-4-6-14(13)17(20)19(2)16(15)18(21)22/h3-10H,1-2H3,(H,21,22). The minimum atomic E-state index is -1.11. The first-order valence-electron chi connectivity index (χ1n) is 6.92. The first-order valence-corrected chi connectivity index (χ1v) is 6.92. The van der Waals surface area contributed by atoms with E-state index in [0.29, 0.717) is 16.3 Å². The van der Waals surface area contributed by atoms with Crippen molar-refractivity contribution in [3.8, 4) is 11.1 Å². The highest BCUT2D eigenvalue weighted by Gasteiger charge is 2.20. The smallest absolute Gasteiger partial charge is 0.353 e. The molecule has 0 saturated heterocycles. The topological polar surface area (TPSA) is 59.3 Å². The summed E-state index contributed by atoms with van der Waals surface area (Å²) in [4.78, 5) is 24.1. The number of aryl methyl sites for hydroxylation is 1. The maximum absolute atomic E-state index is 12.4. The third-order valence-electron chi connectivity index (χ3n) is 3.85. The number of hydrogen-bond donors (Lipinski definition) is 1. The second-order valence-electron chi connectivity index (χ2n) is 5.30. The molecule has 0 aliphatic heterocycles. The Balaban J connectivity index is 2.53. The number of aromatic carboxylic acids is 1. The summed E-state index contributed by atoms with van der Waals surface area (Å²) < 4.78 is 1.21. The molecule has 0 radical (unpaired) electrons. The lowest BCUT2D eigenvalue weighted by molar-refractivity contribution is 0.0686. The van der Waals surface area contributed by atoms with Crippen LogP contribution in [0.15, 0.2) is 53.3 Å². The van der Waals surface area contributed by atoms with Gasteiger partial charge in [-0.25, -0.2) is 4.79 Å². The lowest BCUT2D eigenvalue weighted by Gasteiger charge is -2.14. The Morgan fingerprint density at radius 1 is 1.00 bits per heavy atom. The molecule has 0 aliphatic carbocycles. The first kappa shape index (κ1) is 14.1. The highest BCUT2D eigenvalue weighted by molar-refractivity contribution is 6.06. The van der Waals surface area contributed by atoms with Gasteiger partial charge in [-0.1, -0.05) is 48.0 Å². The molecule has 0 aliphatic rings. The van der Waals surface area contributed by atoms with Crippen LogP contribution in [0.1, 0.15) is 16.1 Å². The van der Waals surface area contributed by atoms with Gasteiger partial charge in [-0.2, -0.15) is 0 Å². The van der Waals surface area contributed by atoms with Crippen molar-refractivity contribution in [3.63, 3.8) is 0 Å². The van der Waals surface area contributed by atoms with E-state index < -0.39 is 5.97 Å². The number of hydrogen-bond acceptors (Lipinski definition) is 2. The van der Waals surface area contributed by atoms with Gasteiger partial charge in [0.1, 0.15) is 5.69 Å². The van der Waals surface area contributed by atoms with E-state index in [0.717, 1.165) is 11.1 Å². The Labute approximate surface area is 127 Å². The SMILES string of the molecule is Cc1ccc(-c2c(C(=O)O)n(C)c(=O)c3ccccc23)cc1. The van der Waals surface area contributed by atoms with Gasteiger partial charge in [-0.3, -0.25) is 4.79 Å². The van der Waals surface area contributed by atoms with Crippen LogP contribution in [0.25, 0.3) is 21.9 Å². The van der Waals surface area contributed by atoms with Crippen LogP contribution in [0, 0.1) is 6.92 Å². The molecule has 0 fully saturated rings. The van der Waals surface area contributed by atoms with Crippen LogP contribution in [0.2, 0.25) is 0 Å². The number of carboxylic acid groups (broad SMARTS) is 1. The van der Waals surface area contributed by atoms with Gasteiger partial charge in [0.15, 0.2) is 0 Å². The van der Waals surface area contributed by atoms with E-state index in [2.05, 4.69) is 0 Å². The fraction of sp³-hybridized carbons (Fsp3) is 0.111. The molecule has 2 aromatic carbocycles. The maximum Gasteiger partial charge on any atom is 0.353 e. The van der Waals surface area contributed by atoms with E-state index in [1.54, 1.807) is 18.2 Å². The zero-order valence-electron chi connectivity index (χ0n) is 12.3. The Morgan fingerprint density at radius 2 is 1.59 bits per heavy atom. The van der Waals surface area contributed by atoms with E-state index in [-0.39, 0.29) is 11.3 Å². The van der Waals surface area contributed by atoms with Crippen molar-refractivity contribution in [2.45, 2.75) is 6.92 Å². The molecule has 0 saturated carbocycles. The highest BCUT2D eigenvalue weighted by Crippen LogP contribution is 2.30. The van der Waals surface area contributed by atoms with Crippen LogP contribution >= 0.6 is 0 Å². The molecule has 1 N–H and O–H groups in total. The molecule has 0 unspecified atom stereocenters. The monoisotopic (exact) mass is 293 g/mol. The summed E-state index contributed by atoms with van der Waals surface area (Å²) >= 11 is 0. The summed E-state index contributed by atoms with van der Waals surface area (Å²) in [5.41, 5.74) is 2.16. The van der Waals surface area contributed by atoms with Crippen molar-refractivity contribution in [1.82, 2.24) is 4.57 Å². The summed E-state index contributed by atoms with van der Waals surface area (Å²) in [6.07, 6.45) is 0. The molecule has 0 spiro atoms. The molecular formula is C18H15NO3. The van der Waals surface area contributed by atoms with Gasteiger partial charge >= 0.3 is 5.97 Å². The molecule has 110 valence electrons. The van der Waals surface area contributed by atoms with Gasteiger partial charge in [-0.05, 0) is 23.9 Å². The van der Waals surface area contributed by atoms with Crippen LogP contribution in [0.4, 0.5) is 0 Å². The van der Waals surface area contributed by atoms with Gasteiger partial charge in [0.2, 0.25) is 0 Å². The summed E-state index contributed by atoms with van der Waals surface area (Å²) in [6, 6.07) is 14.7. The fourth-order valence-corrected chi connectivity index (χ4v) is 2.73. The highest BCUT2D eigenvalue weighted by atomic mass is 16.4. The Hall–Kier alpha value is -2.88. The largest absolute Gasteiger partial charge is 0.477 e. The lowest BCUT2D eigenvalue weighted by atomic mass is 9.96. The van der Waals surface area contributed by atoms with Gasteiger partial charge in [-0.15, -0.1) is 0 Å². The minimum Gasteiger partial charge on any atom is -0.477 e. The summed E-state index contributed by atoms with van der Waals surface area (Å²) in [5.74, 6) is -1.11. The van der Waals surface area contributed by atoms with Gasteiger partial charge in [0, 0.05) is 18.0 Å². The zero-order valence-corrected chi connectivity index (χ0v) is 12.3. The third-order valence-corrected chi connectivity index (χ3v) is 3.85. The van der Waals surface area contributed by atoms with Crippen molar-refractivity contribution in [2.75, 3.05) is 0 Å². The summed E-state index contributed by atoms with van der Waals surface area (Å²) in [6.45, 7) is 1.97. The molecule has 3 rings (SSSR count). The quantitative estimate of drug-likeness (QED) is 0.789. The van der Waals surface area contributed by atoms with E-state index in [1.165, 1.54) is 11.6 Å². The molecule has 0 atom stereocenters. The molecule has 1 heterocycles. The molecule has 22 heavy (non-hydrogen) atoms. The minimum absolute atomic E-state index is 0.00699. The summed E-state index contributed by atoms with van der Waals surface area (Å²) in [5, 5.41) is 10.8. The van der Waals surface area contributed by atoms with E-state index in [9.17, 15) is 14.7 Å². The predicted octanol–water partition coefficient (Wildman–Crippen LogP) is 3.21. The maximum atomic E-state index is 12.4. The van der Waals surface area contributed by atoms with Gasteiger partial charge < -0.3 is 9.67 Å². The molecule has 0 bridgehead atoms. The Kier molecular flexibility index (Phi) is 3.29. The number of pyridine rings is 1. The van der Waals surface area contributed by atoms with Crippen LogP contribution in [-0.2, 0) is 7.05 Å². The van der Waals surface area contributed by atoms with Crippen LogP contribution in [0.3, 0.4) is 0 Å². The summed E-state index contributed by atoms with van der Waals surface area (Å²) in [7, 11) is 1.50. The number of benzene rings is 2. The average molecular weight is 293 g/mol. The molecule has 4 nitrogen and oxygen atoms in total. The van der Waals surface area contributed by atoms with E-state index in [4.69, 9.17) is 0 Å². The molecule has 4 heteroatoms. The molecule has 0 amide bonds. The number of fused-ring (bicyclic) bond motifs is 1. The Bertz CT molecular complexity index is 937. The fourth-order valence-electron chi connectivity index (χ4n) is 2.73. The second kappa shape index (κ2) is 5.15. The van der Waals surface area contributed by atoms with Crippen molar-refractivity contribution >= 4 is 16.7 Å². The molecule has 3 aromatic rings. The van der Waals surface area contributed by atoms with Crippen molar-refractivity contribution in [1.29, 1.82) is 0 Å². The lowest BCUT2D eigenvalue weighted by Crippen LogP contribution is -2.24. The number of aromatic nitrogens is 1. The second-order valence-corrected chi connectivity index (χ2v) is 5.30. The van der Waals surface area contributed by atoms with E-state index >= 15 is 0 Å². The molecular weight excluding hydrogens is 278 g/mol. The van der Waals surface area contributed by atoms with Gasteiger partial charge in [0.25, 0.3) is 5.56 Å². The molecule has 1 aromatic heterocycles. The van der Waals surface area contributed by atoms with Crippen LogP contribution in [-0.4, -0.2) is 15.6 Å². The Morgan fingerprint density at radius 3 is 2.18 bits per heavy atom. The number of rotatable bonds is 2. The number of carbonyl (C=O) groups is 1. The normalized spacial score (nSPS) is 10.8. The van der Waals surface area contributed by atoms with Crippen molar-refractivity contribution in [3.05, 3.63) is 70.1 Å². The van der Waals surface area contributed by atoms with Crippen molar-refractivity contribution < 1.29 is 9.90 Å². The van der Waals surface area contributed by atoms with Gasteiger partial charge in [0.05, 0.1) is 0 Å². The van der Waals surface area contributed by atoms with Crippen LogP contribution in [0.5, 0.6) is 0 Å². The predicted molar refractivity (Wildman–Crippen MR) is 86.3 cm³/mol. The van der Waals surface area contributed by atoms with Crippen LogP contribution < -0.4 is 5.56 Å². The van der Waals surface area contributed by atoms with Crippen molar-refractivity contribution in [2.24, 2.45) is 7.05 Å². The van der Waals surface area contributed by atoms with E-state index in [1.807, 2.05) is 37.3 Å². The first-order chi connectivity index (χ1) is 10.5. The number of nitrogens with zero attached hydrogens (tertiary/aromatic N) is 1. The zero-order chi connectivity index (χ0) is 15.9.